The van der Waals surface area contributed by atoms with E-state index in [4.69, 9.17) is 0 Å². The van der Waals surface area contributed by atoms with Crippen molar-refractivity contribution in [1.29, 1.82) is 0 Å². The Kier molecular flexibility index (Phi) is 7.34. The van der Waals surface area contributed by atoms with Crippen molar-refractivity contribution >= 4 is 11.9 Å². The highest BCUT2D eigenvalue weighted by atomic mass is 19.4. The molecule has 0 spiro atoms. The van der Waals surface area contributed by atoms with Gasteiger partial charge in [0.15, 0.2) is 0 Å². The minimum Gasteiger partial charge on any atom is -0.480 e. The molecule has 0 aromatic heterocycles. The van der Waals surface area contributed by atoms with Crippen LogP contribution in [0.3, 0.4) is 0 Å². The first-order valence-corrected chi connectivity index (χ1v) is 8.93. The highest BCUT2D eigenvalue weighted by molar-refractivity contribution is 5.85. The summed E-state index contributed by atoms with van der Waals surface area (Å²) < 4.78 is 115. The van der Waals surface area contributed by atoms with Gasteiger partial charge in [0, 0.05) is 6.42 Å². The average molecular weight is 487 g/mol. The van der Waals surface area contributed by atoms with E-state index in [0.29, 0.717) is 24.3 Å². The normalized spacial score (nSPS) is 13.5. The van der Waals surface area contributed by atoms with Crippen molar-refractivity contribution in [2.45, 2.75) is 37.4 Å². The molecular weight excluding hydrogens is 473 g/mol. The van der Waals surface area contributed by atoms with Crippen LogP contribution < -0.4 is 5.32 Å². The van der Waals surface area contributed by atoms with Gasteiger partial charge in [-0.25, -0.2) is 4.79 Å². The van der Waals surface area contributed by atoms with Crippen molar-refractivity contribution in [3.63, 3.8) is 0 Å². The molecule has 0 radical (unpaired) electrons. The molecule has 2 N–H and O–H groups in total. The Hall–Kier alpha value is -3.25. The van der Waals surface area contributed by atoms with Crippen molar-refractivity contribution in [2.75, 3.05) is 0 Å². The van der Waals surface area contributed by atoms with Gasteiger partial charge in [0.25, 0.3) is 0 Å². The van der Waals surface area contributed by atoms with Crippen LogP contribution in [0, 0.1) is 0 Å². The number of aliphatic carboxylic acids is 1. The first kappa shape index (κ1) is 26.0. The Morgan fingerprint density at radius 1 is 0.727 bits per heavy atom. The van der Waals surface area contributed by atoms with Gasteiger partial charge in [-0.15, -0.1) is 0 Å². The molecule has 0 saturated carbocycles. The fourth-order valence-electron chi connectivity index (χ4n) is 2.82. The molecule has 4 nitrogen and oxygen atoms in total. The number of benzene rings is 2. The molecule has 180 valence electrons. The highest BCUT2D eigenvalue weighted by Gasteiger charge is 2.37. The summed E-state index contributed by atoms with van der Waals surface area (Å²) in [6.45, 7) is 0. The second-order valence-corrected chi connectivity index (χ2v) is 6.95. The van der Waals surface area contributed by atoms with Crippen LogP contribution in [0.5, 0.6) is 0 Å². The topological polar surface area (TPSA) is 66.4 Å². The number of carbonyl (C=O) groups is 2. The Morgan fingerprint density at radius 3 is 1.58 bits per heavy atom. The maximum absolute atomic E-state index is 12.9. The molecule has 0 aliphatic heterocycles. The molecule has 0 saturated heterocycles. The summed E-state index contributed by atoms with van der Waals surface area (Å²) in [4.78, 5) is 23.5. The highest BCUT2D eigenvalue weighted by Crippen LogP contribution is 2.36. The van der Waals surface area contributed by atoms with E-state index in [-0.39, 0.29) is 11.6 Å². The maximum atomic E-state index is 12.9. The van der Waals surface area contributed by atoms with Crippen LogP contribution in [0.15, 0.2) is 42.5 Å². The summed E-state index contributed by atoms with van der Waals surface area (Å²) in [5.41, 5.74) is -4.84. The number of hydrogen-bond acceptors (Lipinski definition) is 2. The SMILES string of the molecule is O=C(Cc1cc(C(F)(F)F)cc(C(F)(F)F)c1)N[C@H](Cc1ccc(C(F)(F)F)cc1)C(=O)O. The van der Waals surface area contributed by atoms with Crippen molar-refractivity contribution < 1.29 is 54.2 Å². The number of carboxylic acids is 1. The Labute approximate surface area is 180 Å². The van der Waals surface area contributed by atoms with Crippen molar-refractivity contribution in [3.05, 3.63) is 70.3 Å². The molecule has 0 aliphatic rings. The summed E-state index contributed by atoms with van der Waals surface area (Å²) >= 11 is 0. The van der Waals surface area contributed by atoms with Gasteiger partial charge < -0.3 is 10.4 Å². The van der Waals surface area contributed by atoms with E-state index in [1.54, 1.807) is 0 Å². The fourth-order valence-corrected chi connectivity index (χ4v) is 2.82. The van der Waals surface area contributed by atoms with E-state index in [1.807, 2.05) is 5.32 Å². The second kappa shape index (κ2) is 9.32. The van der Waals surface area contributed by atoms with Crippen molar-refractivity contribution in [3.8, 4) is 0 Å². The first-order chi connectivity index (χ1) is 15.0. The molecule has 0 fully saturated rings. The van der Waals surface area contributed by atoms with Crippen LogP contribution in [0.25, 0.3) is 0 Å². The smallest absolute Gasteiger partial charge is 0.416 e. The molecule has 1 atom stereocenters. The van der Waals surface area contributed by atoms with Crippen LogP contribution in [0.2, 0.25) is 0 Å². The molecule has 0 aliphatic carbocycles. The summed E-state index contributed by atoms with van der Waals surface area (Å²) in [6, 6.07) is 2.20. The van der Waals surface area contributed by atoms with Gasteiger partial charge in [-0.05, 0) is 41.5 Å². The van der Waals surface area contributed by atoms with E-state index >= 15 is 0 Å². The van der Waals surface area contributed by atoms with Crippen LogP contribution in [-0.4, -0.2) is 23.0 Å². The predicted molar refractivity (Wildman–Crippen MR) is 94.9 cm³/mol. The van der Waals surface area contributed by atoms with Gasteiger partial charge in [0.2, 0.25) is 5.91 Å². The quantitative estimate of drug-likeness (QED) is 0.558. The van der Waals surface area contributed by atoms with Gasteiger partial charge in [0.1, 0.15) is 6.04 Å². The lowest BCUT2D eigenvalue weighted by Gasteiger charge is -2.17. The third-order valence-corrected chi connectivity index (χ3v) is 4.37. The molecule has 2 aromatic carbocycles. The molecule has 2 rings (SSSR count). The minimum absolute atomic E-state index is 0.0918. The van der Waals surface area contributed by atoms with Gasteiger partial charge in [0.05, 0.1) is 23.1 Å². The minimum atomic E-state index is -5.13. The number of rotatable bonds is 6. The summed E-state index contributed by atoms with van der Waals surface area (Å²) in [5, 5.41) is 11.2. The second-order valence-electron chi connectivity index (χ2n) is 6.95. The van der Waals surface area contributed by atoms with Gasteiger partial charge in [-0.2, -0.15) is 39.5 Å². The molecule has 1 amide bonds. The number of amides is 1. The molecule has 2 aromatic rings. The third-order valence-electron chi connectivity index (χ3n) is 4.37. The lowest BCUT2D eigenvalue weighted by atomic mass is 10.0. The number of halogens is 9. The van der Waals surface area contributed by atoms with E-state index < -0.39 is 71.5 Å². The van der Waals surface area contributed by atoms with Crippen molar-refractivity contribution in [2.24, 2.45) is 0 Å². The number of hydrogen-bond donors (Lipinski definition) is 2. The largest absolute Gasteiger partial charge is 0.480 e. The lowest BCUT2D eigenvalue weighted by molar-refractivity contribution is -0.143. The monoisotopic (exact) mass is 487 g/mol. The van der Waals surface area contributed by atoms with Gasteiger partial charge in [-0.3, -0.25) is 4.79 Å². The zero-order chi connectivity index (χ0) is 25.2. The number of alkyl halides is 9. The Bertz CT molecular complexity index is 977. The average Bonchev–Trinajstić information content (AvgIpc) is 2.65. The Balaban J connectivity index is 2.19. The maximum Gasteiger partial charge on any atom is 0.416 e. The van der Waals surface area contributed by atoms with Crippen LogP contribution in [-0.2, 0) is 41.0 Å². The van der Waals surface area contributed by atoms with Crippen LogP contribution >= 0.6 is 0 Å². The Morgan fingerprint density at radius 2 is 1.18 bits per heavy atom. The van der Waals surface area contributed by atoms with Crippen molar-refractivity contribution in [1.82, 2.24) is 5.32 Å². The molecule has 0 unspecified atom stereocenters. The van der Waals surface area contributed by atoms with E-state index in [1.165, 1.54) is 0 Å². The summed E-state index contributed by atoms with van der Waals surface area (Å²) in [5.74, 6) is -2.80. The standard InChI is InChI=1S/C20H14F9NO3/c21-18(22,23)12-3-1-10(2-4-12)7-15(17(32)33)30-16(31)8-11-5-13(19(24,25)26)9-14(6-11)20(27,28)29/h1-6,9,15H,7-8H2,(H,30,31)(H,32,33)/t15-/m1/s1. The molecule has 0 bridgehead atoms. The first-order valence-electron chi connectivity index (χ1n) is 8.93. The van der Waals surface area contributed by atoms with Gasteiger partial charge >= 0.3 is 24.5 Å². The summed E-state index contributed by atoms with van der Waals surface area (Å²) in [6.07, 6.45) is -16.4. The van der Waals surface area contributed by atoms with E-state index in [2.05, 4.69) is 0 Å². The van der Waals surface area contributed by atoms with E-state index in [0.717, 1.165) is 12.1 Å². The fraction of sp³-hybridized carbons (Fsp3) is 0.300. The van der Waals surface area contributed by atoms with E-state index in [9.17, 15) is 54.2 Å². The number of carboxylic acid groups (broad SMARTS) is 1. The molecule has 33 heavy (non-hydrogen) atoms. The molecular formula is C20H14F9NO3. The summed E-state index contributed by atoms with van der Waals surface area (Å²) in [7, 11) is 0. The third kappa shape index (κ3) is 7.39. The van der Waals surface area contributed by atoms with Crippen LogP contribution in [0.4, 0.5) is 39.5 Å². The van der Waals surface area contributed by atoms with Gasteiger partial charge in [-0.1, -0.05) is 12.1 Å². The van der Waals surface area contributed by atoms with Crippen LogP contribution in [0.1, 0.15) is 27.8 Å². The zero-order valence-electron chi connectivity index (χ0n) is 16.2. The zero-order valence-corrected chi connectivity index (χ0v) is 16.2. The number of nitrogens with one attached hydrogen (secondary N) is 1. The molecule has 0 heterocycles. The molecule has 13 heteroatoms. The predicted octanol–water partition coefficient (Wildman–Crippen LogP) is 5.10. The number of carbonyl (C=O) groups excluding carboxylic acids is 1. The lowest BCUT2D eigenvalue weighted by Crippen LogP contribution is -2.43.